The number of esters is 1. The second-order valence-electron chi connectivity index (χ2n) is 4.24. The maximum absolute atomic E-state index is 11.7. The van der Waals surface area contributed by atoms with E-state index in [4.69, 9.17) is 9.47 Å². The number of carbonyl (C=O) groups is 1. The van der Waals surface area contributed by atoms with Crippen molar-refractivity contribution >= 4 is 5.97 Å². The summed E-state index contributed by atoms with van der Waals surface area (Å²) in [6.07, 6.45) is 0.556. The molecule has 103 valence electrons. The molecule has 4 nitrogen and oxygen atoms in total. The fourth-order valence-electron chi connectivity index (χ4n) is 1.72. The Labute approximate surface area is 140 Å². The van der Waals surface area contributed by atoms with E-state index in [0.717, 1.165) is 11.3 Å². The normalized spacial score (nSPS) is 13.1. The Morgan fingerprint density at radius 1 is 1.37 bits per heavy atom. The molecule has 5 heteroatoms. The molecule has 0 aliphatic heterocycles. The summed E-state index contributed by atoms with van der Waals surface area (Å²) in [5.41, 5.74) is 0.317. The zero-order valence-corrected chi connectivity index (χ0v) is 14.6. The van der Waals surface area contributed by atoms with Crippen LogP contribution in [0.25, 0.3) is 0 Å². The van der Waals surface area contributed by atoms with E-state index < -0.39 is 5.54 Å². The topological polar surface area (TPSA) is 47.6 Å². The number of hydrogen-bond acceptors (Lipinski definition) is 4. The van der Waals surface area contributed by atoms with Crippen molar-refractivity contribution in [3.05, 3.63) is 36.8 Å². The molecule has 1 aromatic carbocycles. The molecule has 1 rings (SSSR count). The Bertz CT molecular complexity index is 394. The Balaban J connectivity index is 0.00000324. The molecular formula is C14H20NO3Y-. The number of nitrogens with one attached hydrogen (secondary N) is 1. The first-order valence-corrected chi connectivity index (χ1v) is 5.84. The Hall–Kier alpha value is -0.446. The van der Waals surface area contributed by atoms with Gasteiger partial charge >= 0.3 is 5.97 Å². The van der Waals surface area contributed by atoms with E-state index in [-0.39, 0.29) is 38.7 Å². The Kier molecular flexibility index (Phi) is 8.47. The molecule has 0 fully saturated rings. The Morgan fingerprint density at radius 3 is 2.37 bits per heavy atom. The van der Waals surface area contributed by atoms with Crippen LogP contribution in [0.5, 0.6) is 5.75 Å². The third-order valence-electron chi connectivity index (χ3n) is 2.94. The number of carbonyl (C=O) groups excluding carboxylic acids is 1. The average molecular weight is 339 g/mol. The van der Waals surface area contributed by atoms with Crippen LogP contribution in [0.2, 0.25) is 0 Å². The molecule has 0 aliphatic rings. The van der Waals surface area contributed by atoms with E-state index in [9.17, 15) is 4.79 Å². The minimum Gasteiger partial charge on any atom is -0.525 e. The molecule has 0 saturated heterocycles. The minimum atomic E-state index is -0.719. The van der Waals surface area contributed by atoms with Crippen LogP contribution in [-0.4, -0.2) is 32.3 Å². The van der Waals surface area contributed by atoms with Gasteiger partial charge in [0.15, 0.2) is 0 Å². The third kappa shape index (κ3) is 5.21. The van der Waals surface area contributed by atoms with Gasteiger partial charge in [0.2, 0.25) is 0 Å². The first-order chi connectivity index (χ1) is 8.55. The maximum atomic E-state index is 11.7. The zero-order valence-electron chi connectivity index (χ0n) is 11.7. The van der Waals surface area contributed by atoms with Crippen molar-refractivity contribution in [1.29, 1.82) is 0 Å². The van der Waals surface area contributed by atoms with Crippen LogP contribution in [0, 0.1) is 6.92 Å². The summed E-state index contributed by atoms with van der Waals surface area (Å²) in [6.45, 7) is 5.83. The zero-order chi connectivity index (χ0) is 13.6. The third-order valence-corrected chi connectivity index (χ3v) is 2.94. The molecule has 0 heterocycles. The largest absolute Gasteiger partial charge is 0.525 e. The number of rotatable bonds is 6. The molecule has 0 aromatic heterocycles. The van der Waals surface area contributed by atoms with E-state index in [1.165, 1.54) is 7.11 Å². The molecule has 1 radical (unpaired) electrons. The van der Waals surface area contributed by atoms with Gasteiger partial charge in [0.1, 0.15) is 11.3 Å². The second-order valence-corrected chi connectivity index (χ2v) is 4.24. The summed E-state index contributed by atoms with van der Waals surface area (Å²) in [5.74, 6) is 0.501. The van der Waals surface area contributed by atoms with Gasteiger partial charge in [-0.1, -0.05) is 12.1 Å². The van der Waals surface area contributed by atoms with Crippen molar-refractivity contribution in [2.75, 3.05) is 20.8 Å². The van der Waals surface area contributed by atoms with Crippen molar-refractivity contribution in [3.63, 3.8) is 0 Å². The summed E-state index contributed by atoms with van der Waals surface area (Å²) in [4.78, 5) is 11.7. The molecule has 1 N–H and O–H groups in total. The van der Waals surface area contributed by atoms with Gasteiger partial charge in [0.25, 0.3) is 0 Å². The van der Waals surface area contributed by atoms with Crippen LogP contribution >= 0.6 is 0 Å². The van der Waals surface area contributed by atoms with E-state index in [1.807, 2.05) is 31.2 Å². The van der Waals surface area contributed by atoms with E-state index in [2.05, 4.69) is 12.2 Å². The summed E-state index contributed by atoms with van der Waals surface area (Å²) >= 11 is 0. The van der Waals surface area contributed by atoms with E-state index in [0.29, 0.717) is 13.0 Å². The van der Waals surface area contributed by atoms with Crippen molar-refractivity contribution in [1.82, 2.24) is 5.32 Å². The number of ether oxygens (including phenoxy) is 2. The van der Waals surface area contributed by atoms with Crippen LogP contribution in [-0.2, 0) is 48.7 Å². The van der Waals surface area contributed by atoms with Crippen molar-refractivity contribution in [2.24, 2.45) is 0 Å². The van der Waals surface area contributed by atoms with Crippen molar-refractivity contribution < 1.29 is 47.0 Å². The number of methoxy groups -OCH3 is 1. The van der Waals surface area contributed by atoms with E-state index >= 15 is 0 Å². The predicted octanol–water partition coefficient (Wildman–Crippen LogP) is 1.59. The molecule has 1 atom stereocenters. The smallest absolute Gasteiger partial charge is 0.326 e. The monoisotopic (exact) mass is 339 g/mol. The van der Waals surface area contributed by atoms with Crippen LogP contribution < -0.4 is 10.1 Å². The molecule has 0 spiro atoms. The van der Waals surface area contributed by atoms with Gasteiger partial charge in [-0.3, -0.25) is 4.79 Å². The molecule has 19 heavy (non-hydrogen) atoms. The molecule has 0 bridgehead atoms. The fraction of sp³-hybridized carbons (Fsp3) is 0.429. The predicted molar refractivity (Wildman–Crippen MR) is 70.5 cm³/mol. The van der Waals surface area contributed by atoms with Gasteiger partial charge in [-0.25, -0.2) is 0 Å². The van der Waals surface area contributed by atoms with Gasteiger partial charge < -0.3 is 21.7 Å². The molecule has 1 aromatic rings. The first kappa shape index (κ1) is 18.6. The van der Waals surface area contributed by atoms with Crippen LogP contribution in [0.15, 0.2) is 24.3 Å². The van der Waals surface area contributed by atoms with Gasteiger partial charge in [-0.15, -0.1) is 0 Å². The number of likely N-dealkylation sites (N-methyl/N-ethyl adjacent to an activating group) is 1. The molecule has 0 aliphatic carbocycles. The first-order valence-electron chi connectivity index (χ1n) is 5.84. The maximum Gasteiger partial charge on any atom is 0.326 e. The molecule has 0 amide bonds. The summed E-state index contributed by atoms with van der Waals surface area (Å²) in [6, 6.07) is 7.61. The van der Waals surface area contributed by atoms with E-state index in [1.54, 1.807) is 7.05 Å². The molecule has 0 saturated carbocycles. The van der Waals surface area contributed by atoms with Crippen LogP contribution in [0.1, 0.15) is 12.5 Å². The average Bonchev–Trinajstić information content (AvgIpc) is 2.40. The molecular weight excluding hydrogens is 319 g/mol. The number of benzene rings is 1. The fourth-order valence-corrected chi connectivity index (χ4v) is 1.72. The Morgan fingerprint density at radius 2 is 1.95 bits per heavy atom. The van der Waals surface area contributed by atoms with Gasteiger partial charge in [0.05, 0.1) is 7.11 Å². The van der Waals surface area contributed by atoms with Crippen LogP contribution in [0.3, 0.4) is 0 Å². The quantitative estimate of drug-likeness (QED) is 0.632. The van der Waals surface area contributed by atoms with Gasteiger partial charge in [-0.05, 0) is 38.3 Å². The van der Waals surface area contributed by atoms with Crippen molar-refractivity contribution in [2.45, 2.75) is 18.9 Å². The molecule has 1 unspecified atom stereocenters. The summed E-state index contributed by atoms with van der Waals surface area (Å²) in [5, 5.41) is 3.00. The second kappa shape index (κ2) is 8.67. The standard InChI is InChI=1S/C14H20NO3.Y/c1-5-18-12-8-6-11(7-9-12)10-14(2,15-3)13(16)17-4;/h6-9,15H,1,5,10H2,2-4H3;/q-1;. The van der Waals surface area contributed by atoms with Gasteiger partial charge in [0, 0.05) is 39.1 Å². The van der Waals surface area contributed by atoms with Crippen molar-refractivity contribution in [3.8, 4) is 5.75 Å². The SMILES string of the molecule is [CH2-]COc1ccc(CC(C)(NC)C(=O)OC)cc1.[Y]. The van der Waals surface area contributed by atoms with Crippen LogP contribution in [0.4, 0.5) is 0 Å². The minimum absolute atomic E-state index is 0. The van der Waals surface area contributed by atoms with Gasteiger partial charge in [-0.2, -0.15) is 0 Å². The number of hydrogen-bond donors (Lipinski definition) is 1. The summed E-state index contributed by atoms with van der Waals surface area (Å²) < 4.78 is 10.1. The summed E-state index contributed by atoms with van der Waals surface area (Å²) in [7, 11) is 3.14.